The van der Waals surface area contributed by atoms with Crippen molar-refractivity contribution in [1.82, 2.24) is 0 Å². The highest BCUT2D eigenvalue weighted by atomic mass is 16.3. The maximum atomic E-state index is 13.1. The fourth-order valence-electron chi connectivity index (χ4n) is 3.21. The average Bonchev–Trinajstić information content (AvgIpc) is 2.78. The molecule has 1 atom stereocenters. The van der Waals surface area contributed by atoms with Crippen LogP contribution in [0.5, 0.6) is 0 Å². The number of carbonyl (C=O) groups excluding carboxylic acids is 2. The van der Waals surface area contributed by atoms with Crippen molar-refractivity contribution in [3.05, 3.63) is 65.2 Å². The summed E-state index contributed by atoms with van der Waals surface area (Å²) in [7, 11) is 0. The first-order valence-electron chi connectivity index (χ1n) is 8.85. The van der Waals surface area contributed by atoms with Crippen LogP contribution in [0.1, 0.15) is 43.9 Å². The number of aliphatic hydroxyl groups is 1. The van der Waals surface area contributed by atoms with Crippen LogP contribution in [0.3, 0.4) is 0 Å². The second-order valence-corrected chi connectivity index (χ2v) is 8.10. The molecule has 2 aromatic carbocycles. The van der Waals surface area contributed by atoms with Gasteiger partial charge in [0.25, 0.3) is 5.91 Å². The molecule has 1 aliphatic rings. The first-order chi connectivity index (χ1) is 12.1. The van der Waals surface area contributed by atoms with E-state index in [0.717, 1.165) is 11.1 Å². The molecular weight excluding hydrogens is 326 g/mol. The second kappa shape index (κ2) is 6.36. The maximum Gasteiger partial charge on any atom is 0.264 e. The van der Waals surface area contributed by atoms with Gasteiger partial charge in [-0.1, -0.05) is 68.8 Å². The van der Waals surface area contributed by atoms with Crippen molar-refractivity contribution in [2.24, 2.45) is 5.41 Å². The summed E-state index contributed by atoms with van der Waals surface area (Å²) in [5.41, 5.74) is 0.886. The Hall–Kier alpha value is -2.46. The zero-order chi connectivity index (χ0) is 19.1. The Morgan fingerprint density at radius 3 is 2.31 bits per heavy atom. The average molecular weight is 351 g/mol. The van der Waals surface area contributed by atoms with E-state index in [-0.39, 0.29) is 12.2 Å². The zero-order valence-corrected chi connectivity index (χ0v) is 15.7. The number of hydrogen-bond acceptors (Lipinski definition) is 3. The van der Waals surface area contributed by atoms with E-state index < -0.39 is 16.9 Å². The van der Waals surface area contributed by atoms with E-state index in [9.17, 15) is 14.7 Å². The normalized spacial score (nSPS) is 19.6. The minimum atomic E-state index is -1.80. The molecule has 1 N–H and O–H groups in total. The molecular formula is C22H25NO3. The van der Waals surface area contributed by atoms with Crippen LogP contribution in [-0.2, 0) is 21.7 Å². The van der Waals surface area contributed by atoms with E-state index in [0.29, 0.717) is 17.8 Å². The summed E-state index contributed by atoms with van der Waals surface area (Å²) in [6.45, 7) is 7.77. The van der Waals surface area contributed by atoms with Gasteiger partial charge in [0.1, 0.15) is 5.78 Å². The lowest BCUT2D eigenvalue weighted by atomic mass is 9.81. The Bertz CT molecular complexity index is 848. The summed E-state index contributed by atoms with van der Waals surface area (Å²) in [6.07, 6.45) is -0.212. The minimum absolute atomic E-state index is 0.139. The maximum absolute atomic E-state index is 13.1. The summed E-state index contributed by atoms with van der Waals surface area (Å²) >= 11 is 0. The molecule has 0 aliphatic carbocycles. The third-order valence-corrected chi connectivity index (χ3v) is 4.95. The number of fused-ring (bicyclic) bond motifs is 1. The van der Waals surface area contributed by atoms with E-state index in [2.05, 4.69) is 0 Å². The minimum Gasteiger partial charge on any atom is -0.375 e. The quantitative estimate of drug-likeness (QED) is 0.913. The van der Waals surface area contributed by atoms with Gasteiger partial charge in [-0.3, -0.25) is 9.59 Å². The third kappa shape index (κ3) is 3.17. The Kier molecular flexibility index (Phi) is 4.49. The van der Waals surface area contributed by atoms with Crippen LogP contribution < -0.4 is 4.90 Å². The van der Waals surface area contributed by atoms with E-state index in [1.54, 1.807) is 37.8 Å². The van der Waals surface area contributed by atoms with E-state index >= 15 is 0 Å². The molecule has 2 aromatic rings. The smallest absolute Gasteiger partial charge is 0.264 e. The molecule has 0 radical (unpaired) electrons. The number of anilines is 1. The largest absolute Gasteiger partial charge is 0.375 e. The van der Waals surface area contributed by atoms with E-state index in [4.69, 9.17) is 0 Å². The fourth-order valence-corrected chi connectivity index (χ4v) is 3.21. The highest BCUT2D eigenvalue weighted by Crippen LogP contribution is 2.44. The summed E-state index contributed by atoms with van der Waals surface area (Å²) in [5.74, 6) is -0.572. The lowest BCUT2D eigenvalue weighted by Crippen LogP contribution is -2.43. The Morgan fingerprint density at radius 1 is 1.08 bits per heavy atom. The highest BCUT2D eigenvalue weighted by Gasteiger charge is 2.51. The first kappa shape index (κ1) is 18.3. The number of ketones is 1. The number of rotatable bonds is 4. The van der Waals surface area contributed by atoms with Gasteiger partial charge in [0, 0.05) is 17.4 Å². The Labute approximate surface area is 154 Å². The topological polar surface area (TPSA) is 57.6 Å². The lowest BCUT2D eigenvalue weighted by molar-refractivity contribution is -0.144. The van der Waals surface area contributed by atoms with Gasteiger partial charge < -0.3 is 10.0 Å². The molecule has 26 heavy (non-hydrogen) atoms. The molecule has 136 valence electrons. The highest BCUT2D eigenvalue weighted by molar-refractivity contribution is 6.09. The van der Waals surface area contributed by atoms with Gasteiger partial charge >= 0.3 is 0 Å². The molecule has 1 aliphatic heterocycles. The number of hydrogen-bond donors (Lipinski definition) is 1. The monoisotopic (exact) mass is 351 g/mol. The van der Waals surface area contributed by atoms with E-state index in [1.807, 2.05) is 43.3 Å². The molecule has 0 bridgehead atoms. The standard InChI is InChI=1S/C22H25NO3/c1-15-9-11-16(12-10-15)14-23-18-8-6-5-7-17(18)22(26,20(23)25)13-19(24)21(2,3)4/h5-12,26H,13-14H2,1-4H3. The van der Waals surface area contributed by atoms with Crippen LogP contribution in [0.15, 0.2) is 48.5 Å². The number of carbonyl (C=O) groups is 2. The third-order valence-electron chi connectivity index (χ3n) is 4.95. The summed E-state index contributed by atoms with van der Waals surface area (Å²) in [4.78, 5) is 27.3. The number of aryl methyl sites for hydroxylation is 1. The van der Waals surface area contributed by atoms with Crippen molar-refractivity contribution in [1.29, 1.82) is 0 Å². The molecule has 4 nitrogen and oxygen atoms in total. The number of amides is 1. The summed E-state index contributed by atoms with van der Waals surface area (Å²) in [6, 6.07) is 15.1. The second-order valence-electron chi connectivity index (χ2n) is 8.10. The number of nitrogens with zero attached hydrogens (tertiary/aromatic N) is 1. The molecule has 1 amide bonds. The van der Waals surface area contributed by atoms with Gasteiger partial charge in [0.2, 0.25) is 0 Å². The van der Waals surface area contributed by atoms with E-state index in [1.165, 1.54) is 0 Å². The summed E-state index contributed by atoms with van der Waals surface area (Å²) < 4.78 is 0. The van der Waals surface area contributed by atoms with Gasteiger partial charge in [0.15, 0.2) is 5.60 Å². The fraction of sp³-hybridized carbons (Fsp3) is 0.364. The first-order valence-corrected chi connectivity index (χ1v) is 8.85. The van der Waals surface area contributed by atoms with Crippen molar-refractivity contribution in [2.75, 3.05) is 4.90 Å². The van der Waals surface area contributed by atoms with Crippen molar-refractivity contribution < 1.29 is 14.7 Å². The van der Waals surface area contributed by atoms with Crippen LogP contribution in [0.2, 0.25) is 0 Å². The predicted molar refractivity (Wildman–Crippen MR) is 102 cm³/mol. The molecule has 4 heteroatoms. The number of para-hydroxylation sites is 1. The molecule has 0 saturated carbocycles. The van der Waals surface area contributed by atoms with Crippen LogP contribution in [0.25, 0.3) is 0 Å². The van der Waals surface area contributed by atoms with Gasteiger partial charge in [-0.25, -0.2) is 0 Å². The molecule has 0 saturated heterocycles. The van der Waals surface area contributed by atoms with Crippen molar-refractivity contribution in [3.8, 4) is 0 Å². The lowest BCUT2D eigenvalue weighted by Gasteiger charge is -2.26. The number of benzene rings is 2. The van der Waals surface area contributed by atoms with Crippen molar-refractivity contribution in [2.45, 2.75) is 46.3 Å². The molecule has 3 rings (SSSR count). The van der Waals surface area contributed by atoms with Crippen LogP contribution in [0, 0.1) is 12.3 Å². The predicted octanol–water partition coefficient (Wildman–Crippen LogP) is 3.73. The van der Waals surface area contributed by atoms with Crippen LogP contribution in [-0.4, -0.2) is 16.8 Å². The van der Waals surface area contributed by atoms with Crippen molar-refractivity contribution >= 4 is 17.4 Å². The van der Waals surface area contributed by atoms with Gasteiger partial charge in [0.05, 0.1) is 12.2 Å². The molecule has 1 unspecified atom stereocenters. The molecule has 1 heterocycles. The van der Waals surface area contributed by atoms with Gasteiger partial charge in [-0.15, -0.1) is 0 Å². The van der Waals surface area contributed by atoms with Crippen LogP contribution >= 0.6 is 0 Å². The summed E-state index contributed by atoms with van der Waals surface area (Å²) in [5, 5.41) is 11.2. The molecule has 0 spiro atoms. The number of Topliss-reactive ketones (excluding diaryl/α,β-unsaturated/α-hetero) is 1. The zero-order valence-electron chi connectivity index (χ0n) is 15.7. The van der Waals surface area contributed by atoms with Crippen molar-refractivity contribution in [3.63, 3.8) is 0 Å². The molecule has 0 aromatic heterocycles. The van der Waals surface area contributed by atoms with Gasteiger partial charge in [-0.2, -0.15) is 0 Å². The Morgan fingerprint density at radius 2 is 1.69 bits per heavy atom. The van der Waals surface area contributed by atoms with Gasteiger partial charge in [-0.05, 0) is 18.6 Å². The molecule has 0 fully saturated rings. The SMILES string of the molecule is Cc1ccc(CN2C(=O)C(O)(CC(=O)C(C)(C)C)c3ccccc32)cc1. The van der Waals surface area contributed by atoms with Crippen LogP contribution in [0.4, 0.5) is 5.69 Å². The Balaban J connectivity index is 1.97.